The molecule has 36 heavy (non-hydrogen) atoms. The fraction of sp³-hybridized carbons (Fsp3) is 0.458. The number of hydrogen-bond donors (Lipinski definition) is 2. The van der Waals surface area contributed by atoms with Crippen LogP contribution < -0.4 is 10.6 Å². The van der Waals surface area contributed by atoms with Gasteiger partial charge in [0.25, 0.3) is 0 Å². The maximum absolute atomic E-state index is 14.8. The van der Waals surface area contributed by atoms with Gasteiger partial charge in [0.1, 0.15) is 17.2 Å². The maximum Gasteiger partial charge on any atom is 0.317 e. The van der Waals surface area contributed by atoms with Crippen molar-refractivity contribution < 1.29 is 18.0 Å². The molecule has 4 heterocycles. The molecule has 0 aromatic carbocycles. The van der Waals surface area contributed by atoms with E-state index in [1.54, 1.807) is 20.7 Å². The molecule has 2 fully saturated rings. The van der Waals surface area contributed by atoms with Gasteiger partial charge in [0.2, 0.25) is 0 Å². The van der Waals surface area contributed by atoms with Crippen LogP contribution in [0.1, 0.15) is 32.1 Å². The molecule has 192 valence electrons. The number of fused-ring (bicyclic) bond motifs is 1. The van der Waals surface area contributed by atoms with E-state index < -0.39 is 17.5 Å². The molecule has 1 saturated heterocycles. The van der Waals surface area contributed by atoms with Gasteiger partial charge >= 0.3 is 6.03 Å². The van der Waals surface area contributed by atoms with E-state index in [-0.39, 0.29) is 29.6 Å². The molecule has 1 aliphatic heterocycles. The Kier molecular flexibility index (Phi) is 7.52. The van der Waals surface area contributed by atoms with E-state index in [1.807, 2.05) is 27.8 Å². The summed E-state index contributed by atoms with van der Waals surface area (Å²) in [4.78, 5) is 22.9. The number of anilines is 1. The molecular formula is C24H26F3IN6OS. The van der Waals surface area contributed by atoms with Crippen molar-refractivity contribution in [1.82, 2.24) is 23.0 Å². The van der Waals surface area contributed by atoms with Crippen LogP contribution in [0.25, 0.3) is 22.3 Å². The molecule has 3 aromatic rings. The third kappa shape index (κ3) is 5.24. The lowest BCUT2D eigenvalue weighted by molar-refractivity contribution is 0.200. The monoisotopic (exact) mass is 630 g/mol. The number of nitrogens with one attached hydrogen (secondary N) is 2. The van der Waals surface area contributed by atoms with Crippen LogP contribution in [0.3, 0.4) is 0 Å². The van der Waals surface area contributed by atoms with Crippen molar-refractivity contribution in [3.05, 3.63) is 42.0 Å². The summed E-state index contributed by atoms with van der Waals surface area (Å²) in [5.41, 5.74) is 0.708. The first-order valence-corrected chi connectivity index (χ1v) is 14.1. The third-order valence-corrected chi connectivity index (χ3v) is 8.65. The molecule has 3 atom stereocenters. The van der Waals surface area contributed by atoms with Gasteiger partial charge in [-0.2, -0.15) is 11.8 Å². The molecule has 0 bridgehead atoms. The van der Waals surface area contributed by atoms with Gasteiger partial charge in [-0.3, -0.25) is 2.78 Å². The number of likely N-dealkylation sites (tertiary alicyclic amines) is 1. The predicted octanol–water partition coefficient (Wildman–Crippen LogP) is 5.58. The molecule has 2 N–H and O–H groups in total. The zero-order valence-corrected chi connectivity index (χ0v) is 22.6. The second-order valence-electron chi connectivity index (χ2n) is 9.27. The van der Waals surface area contributed by atoms with Crippen LogP contribution in [0.2, 0.25) is 0 Å². The number of urea groups is 1. The minimum Gasteiger partial charge on any atom is -0.365 e. The Morgan fingerprint density at radius 2 is 1.97 bits per heavy atom. The second kappa shape index (κ2) is 10.6. The van der Waals surface area contributed by atoms with Gasteiger partial charge in [-0.25, -0.2) is 27.9 Å². The Morgan fingerprint density at radius 1 is 1.17 bits per heavy atom. The highest BCUT2D eigenvalue weighted by Gasteiger charge is 2.30. The van der Waals surface area contributed by atoms with Gasteiger partial charge in [0.05, 0.1) is 29.1 Å². The Bertz CT molecular complexity index is 1290. The highest BCUT2D eigenvalue weighted by Crippen LogP contribution is 2.34. The number of carbonyl (C=O) groups excluding carboxylic acids is 1. The number of amides is 2. The summed E-state index contributed by atoms with van der Waals surface area (Å²) >= 11 is 3.75. The van der Waals surface area contributed by atoms with Gasteiger partial charge in [-0.05, 0) is 44.4 Å². The molecule has 1 saturated carbocycles. The van der Waals surface area contributed by atoms with Crippen LogP contribution in [0, 0.1) is 17.5 Å². The summed E-state index contributed by atoms with van der Waals surface area (Å²) in [6.07, 6.45) is 8.85. The molecule has 0 radical (unpaired) electrons. The number of pyridine rings is 2. The van der Waals surface area contributed by atoms with Crippen LogP contribution in [0.5, 0.6) is 0 Å². The minimum atomic E-state index is -0.839. The summed E-state index contributed by atoms with van der Waals surface area (Å²) in [6, 6.07) is 1.84. The maximum atomic E-state index is 14.8. The summed E-state index contributed by atoms with van der Waals surface area (Å²) in [5, 5.41) is 7.12. The largest absolute Gasteiger partial charge is 0.365 e. The minimum absolute atomic E-state index is 0.0360. The van der Waals surface area contributed by atoms with Crippen LogP contribution in [0.15, 0.2) is 24.5 Å². The fourth-order valence-corrected chi connectivity index (χ4v) is 6.34. The zero-order chi connectivity index (χ0) is 25.4. The van der Waals surface area contributed by atoms with E-state index in [1.165, 1.54) is 6.07 Å². The van der Waals surface area contributed by atoms with Crippen molar-refractivity contribution in [2.24, 2.45) is 0 Å². The first kappa shape index (κ1) is 25.4. The van der Waals surface area contributed by atoms with E-state index in [2.05, 4.69) is 26.9 Å². The average molecular weight is 630 g/mol. The van der Waals surface area contributed by atoms with Crippen LogP contribution in [0.4, 0.5) is 23.8 Å². The van der Waals surface area contributed by atoms with E-state index >= 15 is 0 Å². The van der Waals surface area contributed by atoms with Crippen LogP contribution in [-0.2, 0) is 0 Å². The highest BCUT2D eigenvalue weighted by atomic mass is 127. The number of hydrogen-bond acceptors (Lipinski definition) is 5. The van der Waals surface area contributed by atoms with Gasteiger partial charge in [0, 0.05) is 53.6 Å². The fourth-order valence-electron chi connectivity index (χ4n) is 5.01. The summed E-state index contributed by atoms with van der Waals surface area (Å²) < 4.78 is 45.1. The molecule has 12 heteroatoms. The average Bonchev–Trinajstić information content (AvgIpc) is 3.46. The SMILES string of the molecule is CSC1CCN(C(=O)NC2CCCC(Nc3nc(-c4cn(I)c5ncc(F)cc45)c(F)cc3F)C2)C1. The molecule has 7 nitrogen and oxygen atoms in total. The first-order valence-electron chi connectivity index (χ1n) is 11.9. The third-order valence-electron chi connectivity index (χ3n) is 6.86. The van der Waals surface area contributed by atoms with Crippen LogP contribution in [-0.4, -0.2) is 60.4 Å². The predicted molar refractivity (Wildman–Crippen MR) is 144 cm³/mol. The molecular weight excluding hydrogens is 604 g/mol. The zero-order valence-electron chi connectivity index (χ0n) is 19.6. The molecule has 1 aliphatic carbocycles. The molecule has 0 spiro atoms. The molecule has 2 aliphatic rings. The molecule has 5 rings (SSSR count). The Hall–Kier alpha value is -2.22. The topological polar surface area (TPSA) is 75.1 Å². The Balaban J connectivity index is 1.32. The van der Waals surface area contributed by atoms with Gasteiger partial charge < -0.3 is 15.5 Å². The van der Waals surface area contributed by atoms with E-state index in [0.29, 0.717) is 28.3 Å². The summed E-state index contributed by atoms with van der Waals surface area (Å²) in [5.74, 6) is -2.26. The van der Waals surface area contributed by atoms with Crippen molar-refractivity contribution in [2.45, 2.75) is 49.4 Å². The van der Waals surface area contributed by atoms with E-state index in [9.17, 15) is 18.0 Å². The Morgan fingerprint density at radius 3 is 2.75 bits per heavy atom. The van der Waals surface area contributed by atoms with Gasteiger partial charge in [0.15, 0.2) is 17.5 Å². The van der Waals surface area contributed by atoms with Crippen molar-refractivity contribution in [3.8, 4) is 11.3 Å². The van der Waals surface area contributed by atoms with Gasteiger partial charge in [-0.1, -0.05) is 0 Å². The number of carbonyl (C=O) groups is 1. The number of thioether (sulfide) groups is 1. The second-order valence-corrected chi connectivity index (χ2v) is 11.5. The van der Waals surface area contributed by atoms with Crippen molar-refractivity contribution in [2.75, 3.05) is 24.7 Å². The van der Waals surface area contributed by atoms with Crippen molar-refractivity contribution >= 4 is 57.5 Å². The molecule has 3 aromatic heterocycles. The summed E-state index contributed by atoms with van der Waals surface area (Å²) in [7, 11) is 0. The number of nitrogens with zero attached hydrogens (tertiary/aromatic N) is 4. The normalized spacial score (nSPS) is 22.2. The lowest BCUT2D eigenvalue weighted by Crippen LogP contribution is -2.47. The standard InChI is InChI=1S/C24H26F3IN6OS/c1-36-16-5-6-33(11-16)24(35)31-15-4-2-3-14(8-15)30-22-20(27)9-19(26)21(32-22)18-12-34(28)23-17(18)7-13(25)10-29-23/h7,9-10,12,14-16H,2-6,8,11H2,1H3,(H,30,32)(H,31,35). The number of rotatable bonds is 5. The molecule has 3 unspecified atom stereocenters. The van der Waals surface area contributed by atoms with Gasteiger partial charge in [-0.15, -0.1) is 0 Å². The molecule has 2 amide bonds. The Labute approximate surface area is 225 Å². The van der Waals surface area contributed by atoms with Crippen molar-refractivity contribution in [3.63, 3.8) is 0 Å². The number of halogens is 4. The van der Waals surface area contributed by atoms with Crippen LogP contribution >= 0.6 is 34.6 Å². The highest BCUT2D eigenvalue weighted by molar-refractivity contribution is 14.1. The quantitative estimate of drug-likeness (QED) is 0.360. The lowest BCUT2D eigenvalue weighted by Gasteiger charge is -2.32. The first-order chi connectivity index (χ1) is 17.3. The summed E-state index contributed by atoms with van der Waals surface area (Å²) in [6.45, 7) is 1.51. The number of aromatic nitrogens is 3. The van der Waals surface area contributed by atoms with Crippen molar-refractivity contribution in [1.29, 1.82) is 0 Å². The van der Waals surface area contributed by atoms with E-state index in [4.69, 9.17) is 0 Å². The van der Waals surface area contributed by atoms with E-state index in [0.717, 1.165) is 51.0 Å². The lowest BCUT2D eigenvalue weighted by atomic mass is 9.91. The smallest absolute Gasteiger partial charge is 0.317 e.